The van der Waals surface area contributed by atoms with Crippen LogP contribution in [0, 0.1) is 17.0 Å². The van der Waals surface area contributed by atoms with Gasteiger partial charge in [0, 0.05) is 29.7 Å². The van der Waals surface area contributed by atoms with E-state index in [4.69, 9.17) is 11.6 Å². The average Bonchev–Trinajstić information content (AvgIpc) is 2.41. The number of nitro benzene ring substituents is 1. The number of hydrogen-bond acceptors (Lipinski definition) is 3. The molecule has 0 atom stereocenters. The Bertz CT molecular complexity index is 629. The van der Waals surface area contributed by atoms with Gasteiger partial charge < -0.3 is 5.32 Å². The molecule has 0 aromatic heterocycles. The summed E-state index contributed by atoms with van der Waals surface area (Å²) in [4.78, 5) is 10.5. The van der Waals surface area contributed by atoms with Crippen LogP contribution in [0.4, 0.5) is 5.69 Å². The van der Waals surface area contributed by atoms with Gasteiger partial charge >= 0.3 is 0 Å². The largest absolute Gasteiger partial charge is 0.308 e. The maximum absolute atomic E-state index is 10.9. The zero-order chi connectivity index (χ0) is 14.5. The Balaban J connectivity index is 2.01. The van der Waals surface area contributed by atoms with E-state index >= 15 is 0 Å². The van der Waals surface area contributed by atoms with Crippen LogP contribution in [-0.4, -0.2) is 4.92 Å². The second kappa shape index (κ2) is 6.50. The van der Waals surface area contributed by atoms with Crippen molar-refractivity contribution in [3.05, 3.63) is 74.3 Å². The molecule has 2 aromatic rings. The van der Waals surface area contributed by atoms with Gasteiger partial charge in [-0.3, -0.25) is 10.1 Å². The molecule has 0 radical (unpaired) electrons. The van der Waals surface area contributed by atoms with Crippen molar-refractivity contribution in [2.75, 3.05) is 0 Å². The van der Waals surface area contributed by atoms with Crippen LogP contribution in [0.1, 0.15) is 16.7 Å². The molecule has 5 heteroatoms. The lowest BCUT2D eigenvalue weighted by molar-refractivity contribution is -0.385. The average molecular weight is 291 g/mol. The minimum absolute atomic E-state index is 0.134. The van der Waals surface area contributed by atoms with Crippen molar-refractivity contribution in [3.63, 3.8) is 0 Å². The molecule has 2 rings (SSSR count). The van der Waals surface area contributed by atoms with E-state index in [-0.39, 0.29) is 10.6 Å². The maximum Gasteiger partial charge on any atom is 0.273 e. The summed E-state index contributed by atoms with van der Waals surface area (Å²) in [6.45, 7) is 2.99. The summed E-state index contributed by atoms with van der Waals surface area (Å²) in [5.74, 6) is 0. The molecule has 0 fully saturated rings. The molecule has 20 heavy (non-hydrogen) atoms. The minimum atomic E-state index is -0.365. The second-order valence-corrected chi connectivity index (χ2v) is 4.99. The van der Waals surface area contributed by atoms with Crippen LogP contribution >= 0.6 is 11.6 Å². The number of nitro groups is 1. The third-order valence-electron chi connectivity index (χ3n) is 3.03. The van der Waals surface area contributed by atoms with Crippen LogP contribution in [-0.2, 0) is 13.1 Å². The first-order valence-electron chi connectivity index (χ1n) is 6.26. The fourth-order valence-corrected chi connectivity index (χ4v) is 2.27. The molecule has 0 saturated heterocycles. The summed E-state index contributed by atoms with van der Waals surface area (Å²) in [6, 6.07) is 12.6. The third kappa shape index (κ3) is 3.56. The van der Waals surface area contributed by atoms with Crippen molar-refractivity contribution < 1.29 is 4.92 Å². The fraction of sp³-hybridized carbons (Fsp3) is 0.200. The topological polar surface area (TPSA) is 55.2 Å². The predicted molar refractivity (Wildman–Crippen MR) is 79.8 cm³/mol. The van der Waals surface area contributed by atoms with Crippen molar-refractivity contribution in [3.8, 4) is 0 Å². The van der Waals surface area contributed by atoms with Crippen LogP contribution in [0.25, 0.3) is 0 Å². The first kappa shape index (κ1) is 14.5. The molecule has 0 heterocycles. The highest BCUT2D eigenvalue weighted by molar-refractivity contribution is 6.31. The van der Waals surface area contributed by atoms with Gasteiger partial charge in [0.1, 0.15) is 0 Å². The van der Waals surface area contributed by atoms with Crippen LogP contribution in [0.2, 0.25) is 5.02 Å². The zero-order valence-corrected chi connectivity index (χ0v) is 11.9. The maximum atomic E-state index is 10.9. The number of para-hydroxylation sites is 1. The number of halogens is 1. The standard InChI is InChI=1S/C15H15ClN2O2/c1-11-6-7-12(14(16)8-11)9-17-10-13-4-2-3-5-15(13)18(19)20/h2-8,17H,9-10H2,1H3. The van der Waals surface area contributed by atoms with Gasteiger partial charge in [-0.25, -0.2) is 0 Å². The highest BCUT2D eigenvalue weighted by Gasteiger charge is 2.11. The summed E-state index contributed by atoms with van der Waals surface area (Å²) in [7, 11) is 0. The van der Waals surface area contributed by atoms with Crippen molar-refractivity contribution in [1.82, 2.24) is 5.32 Å². The molecule has 0 bridgehead atoms. The fourth-order valence-electron chi connectivity index (χ4n) is 1.97. The lowest BCUT2D eigenvalue weighted by Gasteiger charge is -2.08. The Morgan fingerprint density at radius 2 is 1.85 bits per heavy atom. The number of aryl methyl sites for hydroxylation is 1. The predicted octanol–water partition coefficient (Wildman–Crippen LogP) is 3.85. The molecule has 4 nitrogen and oxygen atoms in total. The van der Waals surface area contributed by atoms with Crippen LogP contribution < -0.4 is 5.32 Å². The Morgan fingerprint density at radius 1 is 1.15 bits per heavy atom. The molecular formula is C15H15ClN2O2. The highest BCUT2D eigenvalue weighted by atomic mass is 35.5. The Labute approximate surface area is 122 Å². The summed E-state index contributed by atoms with van der Waals surface area (Å²) in [5, 5.41) is 14.8. The second-order valence-electron chi connectivity index (χ2n) is 4.58. The van der Waals surface area contributed by atoms with Gasteiger partial charge in [0.25, 0.3) is 5.69 Å². The summed E-state index contributed by atoms with van der Waals surface area (Å²) in [6.07, 6.45) is 0. The molecule has 0 aliphatic carbocycles. The van der Waals surface area contributed by atoms with Gasteiger partial charge in [-0.2, -0.15) is 0 Å². The minimum Gasteiger partial charge on any atom is -0.308 e. The molecule has 0 spiro atoms. The number of nitrogens with zero attached hydrogens (tertiary/aromatic N) is 1. The van der Waals surface area contributed by atoms with Gasteiger partial charge in [-0.1, -0.05) is 41.9 Å². The molecule has 2 aromatic carbocycles. The van der Waals surface area contributed by atoms with E-state index in [1.165, 1.54) is 6.07 Å². The van der Waals surface area contributed by atoms with E-state index < -0.39 is 0 Å². The number of hydrogen-bond donors (Lipinski definition) is 1. The van der Waals surface area contributed by atoms with E-state index in [1.807, 2.05) is 25.1 Å². The van der Waals surface area contributed by atoms with E-state index in [9.17, 15) is 10.1 Å². The summed E-state index contributed by atoms with van der Waals surface area (Å²) in [5.41, 5.74) is 2.89. The number of benzene rings is 2. The Kier molecular flexibility index (Phi) is 4.71. The molecule has 0 aliphatic heterocycles. The van der Waals surface area contributed by atoms with Crippen molar-refractivity contribution >= 4 is 17.3 Å². The van der Waals surface area contributed by atoms with Crippen LogP contribution in [0.15, 0.2) is 42.5 Å². The quantitative estimate of drug-likeness (QED) is 0.672. The Morgan fingerprint density at radius 3 is 2.55 bits per heavy atom. The molecule has 0 aliphatic rings. The van der Waals surface area contributed by atoms with Crippen LogP contribution in [0.3, 0.4) is 0 Å². The number of nitrogens with one attached hydrogen (secondary N) is 1. The van der Waals surface area contributed by atoms with E-state index in [0.717, 1.165) is 11.1 Å². The first-order chi connectivity index (χ1) is 9.58. The van der Waals surface area contributed by atoms with E-state index in [2.05, 4.69) is 5.32 Å². The SMILES string of the molecule is Cc1ccc(CNCc2ccccc2[N+](=O)[O-])c(Cl)c1. The van der Waals surface area contributed by atoms with Crippen molar-refractivity contribution in [2.45, 2.75) is 20.0 Å². The molecule has 104 valence electrons. The monoisotopic (exact) mass is 290 g/mol. The van der Waals surface area contributed by atoms with E-state index in [1.54, 1.807) is 18.2 Å². The molecule has 0 saturated carbocycles. The van der Waals surface area contributed by atoms with Crippen molar-refractivity contribution in [2.24, 2.45) is 0 Å². The van der Waals surface area contributed by atoms with Crippen molar-refractivity contribution in [1.29, 1.82) is 0 Å². The molecule has 0 unspecified atom stereocenters. The van der Waals surface area contributed by atoms with Gasteiger partial charge in [0.05, 0.1) is 4.92 Å². The third-order valence-corrected chi connectivity index (χ3v) is 3.38. The van der Waals surface area contributed by atoms with Crippen LogP contribution in [0.5, 0.6) is 0 Å². The highest BCUT2D eigenvalue weighted by Crippen LogP contribution is 2.19. The molecule has 1 N–H and O–H groups in total. The lowest BCUT2D eigenvalue weighted by atomic mass is 10.1. The van der Waals surface area contributed by atoms with E-state index in [0.29, 0.717) is 23.7 Å². The summed E-state index contributed by atoms with van der Waals surface area (Å²) < 4.78 is 0. The van der Waals surface area contributed by atoms with Gasteiger partial charge in [0.2, 0.25) is 0 Å². The lowest BCUT2D eigenvalue weighted by Crippen LogP contribution is -2.14. The normalized spacial score (nSPS) is 10.5. The smallest absolute Gasteiger partial charge is 0.273 e. The summed E-state index contributed by atoms with van der Waals surface area (Å²) >= 11 is 6.14. The molecular weight excluding hydrogens is 276 g/mol. The van der Waals surface area contributed by atoms with Gasteiger partial charge in [0.15, 0.2) is 0 Å². The molecule has 0 amide bonds. The van der Waals surface area contributed by atoms with Gasteiger partial charge in [-0.05, 0) is 24.1 Å². The zero-order valence-electron chi connectivity index (χ0n) is 11.1. The first-order valence-corrected chi connectivity index (χ1v) is 6.64. The van der Waals surface area contributed by atoms with Gasteiger partial charge in [-0.15, -0.1) is 0 Å². The number of rotatable bonds is 5. The Hall–Kier alpha value is -1.91.